The number of carbonyl (C=O) groups excluding carboxylic acids is 2. The summed E-state index contributed by atoms with van der Waals surface area (Å²) >= 11 is 8.45. The Bertz CT molecular complexity index is 1240. The average molecular weight is 549 g/mol. The van der Waals surface area contributed by atoms with E-state index in [1.807, 2.05) is 29.7 Å². The third-order valence-corrected chi connectivity index (χ3v) is 7.28. The molecule has 0 unspecified atom stereocenters. The molecule has 192 valence electrons. The van der Waals surface area contributed by atoms with Gasteiger partial charge in [0.1, 0.15) is 16.5 Å². The van der Waals surface area contributed by atoms with E-state index in [0.717, 1.165) is 34.9 Å². The smallest absolute Gasteiger partial charge is 0.265 e. The molecule has 0 radical (unpaired) electrons. The number of nitrogens with one attached hydrogen (secondary N) is 1. The molecule has 9 nitrogen and oxygen atoms in total. The van der Waals surface area contributed by atoms with Crippen molar-refractivity contribution in [3.63, 3.8) is 0 Å². The molecule has 3 aromatic rings. The van der Waals surface area contributed by atoms with Crippen LogP contribution < -0.4 is 10.1 Å². The Kier molecular flexibility index (Phi) is 9.91. The van der Waals surface area contributed by atoms with E-state index in [9.17, 15) is 9.59 Å². The normalized spacial score (nSPS) is 10.8. The zero-order chi connectivity index (χ0) is 26.2. The second-order valence-corrected chi connectivity index (χ2v) is 10.5. The molecule has 0 aliphatic rings. The fraction of sp³-hybridized carbons (Fsp3) is 0.375. The van der Waals surface area contributed by atoms with Crippen molar-refractivity contribution < 1.29 is 14.3 Å². The predicted octanol–water partition coefficient (Wildman–Crippen LogP) is 4.64. The highest BCUT2D eigenvalue weighted by molar-refractivity contribution is 7.99. The van der Waals surface area contributed by atoms with Gasteiger partial charge in [-0.2, -0.15) is 0 Å². The minimum absolute atomic E-state index is 0.129. The van der Waals surface area contributed by atoms with Gasteiger partial charge in [0, 0.05) is 32.1 Å². The first-order chi connectivity index (χ1) is 17.2. The number of amides is 2. The van der Waals surface area contributed by atoms with Gasteiger partial charge in [-0.05, 0) is 44.0 Å². The number of aryl methyl sites for hydroxylation is 3. The summed E-state index contributed by atoms with van der Waals surface area (Å²) in [6, 6.07) is 5.54. The van der Waals surface area contributed by atoms with Crippen molar-refractivity contribution in [1.29, 1.82) is 0 Å². The first-order valence-corrected chi connectivity index (χ1v) is 13.4. The molecule has 12 heteroatoms. The SMILES string of the molecule is C=CCn1c(CCCOc2ccc(Cl)cc2C)nnc1SCC(=O)Nc1nc(C)c(C(=O)N(C)C)s1. The zero-order valence-electron chi connectivity index (χ0n) is 20.7. The zero-order valence-corrected chi connectivity index (χ0v) is 23.1. The summed E-state index contributed by atoms with van der Waals surface area (Å²) in [7, 11) is 3.36. The predicted molar refractivity (Wildman–Crippen MR) is 144 cm³/mol. The Morgan fingerprint density at radius 1 is 1.31 bits per heavy atom. The van der Waals surface area contributed by atoms with Gasteiger partial charge in [0.2, 0.25) is 5.91 Å². The summed E-state index contributed by atoms with van der Waals surface area (Å²) in [5.74, 6) is 1.36. The Morgan fingerprint density at radius 2 is 2.08 bits per heavy atom. The Morgan fingerprint density at radius 3 is 2.78 bits per heavy atom. The molecule has 0 fully saturated rings. The van der Waals surface area contributed by atoms with Gasteiger partial charge >= 0.3 is 0 Å². The first-order valence-electron chi connectivity index (χ1n) is 11.2. The molecule has 0 aliphatic heterocycles. The monoisotopic (exact) mass is 548 g/mol. The van der Waals surface area contributed by atoms with Crippen molar-refractivity contribution in [1.82, 2.24) is 24.6 Å². The number of thioether (sulfide) groups is 1. The topological polar surface area (TPSA) is 102 Å². The van der Waals surface area contributed by atoms with Crippen molar-refractivity contribution >= 4 is 51.6 Å². The van der Waals surface area contributed by atoms with Crippen LogP contribution in [-0.4, -0.2) is 62.9 Å². The molecule has 0 saturated carbocycles. The fourth-order valence-electron chi connectivity index (χ4n) is 3.25. The second kappa shape index (κ2) is 12.9. The summed E-state index contributed by atoms with van der Waals surface area (Å²) in [4.78, 5) is 31.0. The van der Waals surface area contributed by atoms with E-state index < -0.39 is 0 Å². The molecule has 2 amide bonds. The summed E-state index contributed by atoms with van der Waals surface area (Å²) < 4.78 is 7.81. The minimum Gasteiger partial charge on any atom is -0.493 e. The highest BCUT2D eigenvalue weighted by Gasteiger charge is 2.19. The molecule has 2 aromatic heterocycles. The number of ether oxygens (including phenoxy) is 1. The van der Waals surface area contributed by atoms with Crippen molar-refractivity contribution in [2.24, 2.45) is 0 Å². The standard InChI is InChI=1S/C24H29ClN6O3S2/c1-6-11-31-19(8-7-12-34-18-10-9-17(25)13-15(18)2)28-29-24(31)35-14-20(32)27-23-26-16(3)21(36-23)22(33)30(4)5/h6,9-10,13H,1,7-8,11-12,14H2,2-5H3,(H,26,27,32). The van der Waals surface area contributed by atoms with Crippen molar-refractivity contribution in [2.75, 3.05) is 31.8 Å². The number of nitrogens with zero attached hydrogens (tertiary/aromatic N) is 5. The Hall–Kier alpha value is -2.89. The average Bonchev–Trinajstić information content (AvgIpc) is 3.38. The molecule has 0 spiro atoms. The molecule has 0 atom stereocenters. The summed E-state index contributed by atoms with van der Waals surface area (Å²) in [5, 5.41) is 13.0. The van der Waals surface area contributed by atoms with Crippen LogP contribution in [0, 0.1) is 13.8 Å². The number of carbonyl (C=O) groups is 2. The highest BCUT2D eigenvalue weighted by atomic mass is 35.5. The van der Waals surface area contributed by atoms with Crippen LogP contribution >= 0.6 is 34.7 Å². The first kappa shape index (κ1) is 27.7. The van der Waals surface area contributed by atoms with Crippen LogP contribution in [0.1, 0.15) is 33.2 Å². The van der Waals surface area contributed by atoms with Gasteiger partial charge in [0.15, 0.2) is 10.3 Å². The van der Waals surface area contributed by atoms with Crippen LogP contribution in [-0.2, 0) is 17.8 Å². The number of allylic oxidation sites excluding steroid dienone is 1. The number of aromatic nitrogens is 4. The van der Waals surface area contributed by atoms with E-state index in [0.29, 0.717) is 45.5 Å². The van der Waals surface area contributed by atoms with Gasteiger partial charge in [-0.25, -0.2) is 4.98 Å². The second-order valence-electron chi connectivity index (χ2n) is 8.13. The molecule has 3 rings (SSSR count). The molecular formula is C24H29ClN6O3S2. The third-order valence-electron chi connectivity index (χ3n) is 5.02. The maximum absolute atomic E-state index is 12.5. The lowest BCUT2D eigenvalue weighted by Gasteiger charge is -2.10. The molecular weight excluding hydrogens is 520 g/mol. The molecule has 2 heterocycles. The van der Waals surface area contributed by atoms with E-state index in [1.165, 1.54) is 16.7 Å². The fourth-order valence-corrected chi connectivity index (χ4v) is 5.24. The van der Waals surface area contributed by atoms with E-state index in [4.69, 9.17) is 16.3 Å². The van der Waals surface area contributed by atoms with E-state index in [-0.39, 0.29) is 17.6 Å². The summed E-state index contributed by atoms with van der Waals surface area (Å²) in [5.41, 5.74) is 1.58. The summed E-state index contributed by atoms with van der Waals surface area (Å²) in [6.07, 6.45) is 3.19. The van der Waals surface area contributed by atoms with Crippen LogP contribution in [0.15, 0.2) is 36.0 Å². The van der Waals surface area contributed by atoms with Crippen LogP contribution in [0.25, 0.3) is 0 Å². The van der Waals surface area contributed by atoms with Crippen LogP contribution in [0.4, 0.5) is 5.13 Å². The maximum Gasteiger partial charge on any atom is 0.265 e. The van der Waals surface area contributed by atoms with Gasteiger partial charge in [0.25, 0.3) is 5.91 Å². The number of halogens is 1. The lowest BCUT2D eigenvalue weighted by molar-refractivity contribution is -0.113. The van der Waals surface area contributed by atoms with Crippen molar-refractivity contribution in [2.45, 2.75) is 38.4 Å². The van der Waals surface area contributed by atoms with E-state index in [2.05, 4.69) is 27.1 Å². The molecule has 0 saturated heterocycles. The summed E-state index contributed by atoms with van der Waals surface area (Å²) in [6.45, 7) is 8.59. The van der Waals surface area contributed by atoms with Gasteiger partial charge < -0.3 is 19.5 Å². The quantitative estimate of drug-likeness (QED) is 0.200. The van der Waals surface area contributed by atoms with Crippen molar-refractivity contribution in [3.05, 3.63) is 57.8 Å². The highest BCUT2D eigenvalue weighted by Crippen LogP contribution is 2.25. The third kappa shape index (κ3) is 7.31. The van der Waals surface area contributed by atoms with E-state index in [1.54, 1.807) is 27.1 Å². The number of thiazole rings is 1. The van der Waals surface area contributed by atoms with Crippen LogP contribution in [0.2, 0.25) is 5.02 Å². The number of hydrogen-bond acceptors (Lipinski definition) is 8. The van der Waals surface area contributed by atoms with Gasteiger partial charge in [-0.15, -0.1) is 16.8 Å². The number of rotatable bonds is 12. The number of benzene rings is 1. The van der Waals surface area contributed by atoms with Gasteiger partial charge in [-0.3, -0.25) is 9.59 Å². The number of hydrogen-bond donors (Lipinski definition) is 1. The number of anilines is 1. The van der Waals surface area contributed by atoms with Gasteiger partial charge in [0.05, 0.1) is 18.1 Å². The van der Waals surface area contributed by atoms with Crippen LogP contribution in [0.5, 0.6) is 5.75 Å². The lowest BCUT2D eigenvalue weighted by Crippen LogP contribution is -2.21. The van der Waals surface area contributed by atoms with Crippen molar-refractivity contribution in [3.8, 4) is 5.75 Å². The molecule has 1 N–H and O–H groups in total. The largest absolute Gasteiger partial charge is 0.493 e. The van der Waals surface area contributed by atoms with Crippen LogP contribution in [0.3, 0.4) is 0 Å². The van der Waals surface area contributed by atoms with E-state index >= 15 is 0 Å². The van der Waals surface area contributed by atoms with Gasteiger partial charge in [-0.1, -0.05) is 40.8 Å². The molecule has 1 aromatic carbocycles. The Balaban J connectivity index is 1.54. The minimum atomic E-state index is -0.237. The lowest BCUT2D eigenvalue weighted by atomic mass is 10.2. The maximum atomic E-state index is 12.5. The Labute approximate surface area is 223 Å². The molecule has 0 bridgehead atoms. The molecule has 0 aliphatic carbocycles. The molecule has 36 heavy (non-hydrogen) atoms.